The van der Waals surface area contributed by atoms with Crippen LogP contribution < -0.4 is 4.90 Å². The maximum absolute atomic E-state index is 4.50. The van der Waals surface area contributed by atoms with Crippen molar-refractivity contribution in [3.05, 3.63) is 59.5 Å². The van der Waals surface area contributed by atoms with E-state index in [1.807, 2.05) is 0 Å². The van der Waals surface area contributed by atoms with Crippen LogP contribution >= 0.6 is 0 Å². The lowest BCUT2D eigenvalue weighted by Gasteiger charge is -2.34. The zero-order chi connectivity index (χ0) is 17.5. The lowest BCUT2D eigenvalue weighted by Crippen LogP contribution is -2.33. The minimum absolute atomic E-state index is 0.690. The van der Waals surface area contributed by atoms with Gasteiger partial charge in [0, 0.05) is 37.0 Å². The summed E-state index contributed by atoms with van der Waals surface area (Å²) in [6.45, 7) is 4.42. The number of piperidine rings is 1. The third kappa shape index (κ3) is 2.87. The molecule has 3 heterocycles. The van der Waals surface area contributed by atoms with Crippen LogP contribution in [0, 0.1) is 12.8 Å². The molecule has 0 N–H and O–H groups in total. The van der Waals surface area contributed by atoms with Gasteiger partial charge in [0.25, 0.3) is 0 Å². The lowest BCUT2D eigenvalue weighted by molar-refractivity contribution is 0.505. The predicted octanol–water partition coefficient (Wildman–Crippen LogP) is 4.37. The van der Waals surface area contributed by atoms with Gasteiger partial charge < -0.3 is 4.90 Å². The van der Waals surface area contributed by atoms with Crippen molar-refractivity contribution in [1.82, 2.24) is 14.6 Å². The van der Waals surface area contributed by atoms with E-state index in [0.29, 0.717) is 5.92 Å². The molecule has 5 rings (SSSR count). The van der Waals surface area contributed by atoms with Crippen LogP contribution in [0.25, 0.3) is 5.65 Å². The van der Waals surface area contributed by atoms with Gasteiger partial charge in [0.15, 0.2) is 5.65 Å². The Bertz CT molecular complexity index is 903. The molecule has 1 saturated heterocycles. The second-order valence-electron chi connectivity index (χ2n) is 7.96. The average molecular weight is 346 g/mol. The Kier molecular flexibility index (Phi) is 3.92. The number of rotatable bonds is 4. The lowest BCUT2D eigenvalue weighted by atomic mass is 9.89. The molecule has 1 aromatic carbocycles. The fourth-order valence-electron chi connectivity index (χ4n) is 4.36. The van der Waals surface area contributed by atoms with Gasteiger partial charge in [0.1, 0.15) is 5.82 Å². The summed E-state index contributed by atoms with van der Waals surface area (Å²) in [5.74, 6) is 2.65. The molecular formula is C22H26N4. The number of benzene rings is 1. The summed E-state index contributed by atoms with van der Waals surface area (Å²) in [5.41, 5.74) is 5.11. The van der Waals surface area contributed by atoms with Crippen LogP contribution in [0.15, 0.2) is 42.6 Å². The molecule has 3 aromatic rings. The third-order valence-electron chi connectivity index (χ3n) is 6.14. The first kappa shape index (κ1) is 15.9. The molecular weight excluding hydrogens is 320 g/mol. The standard InChI is InChI=1S/C22H26N4/c1-16-20(11-14-26-21(15-17-7-8-17)23-24-22(16)26)25-12-9-19(10-13-25)18-5-3-2-4-6-18/h2-6,11,14,17,19H,7-10,12-13,15H2,1H3. The van der Waals surface area contributed by atoms with Crippen LogP contribution in [0.2, 0.25) is 0 Å². The molecule has 134 valence electrons. The monoisotopic (exact) mass is 346 g/mol. The van der Waals surface area contributed by atoms with E-state index in [1.54, 1.807) is 0 Å². The highest BCUT2D eigenvalue weighted by Crippen LogP contribution is 2.34. The summed E-state index contributed by atoms with van der Waals surface area (Å²) < 4.78 is 2.20. The molecule has 1 saturated carbocycles. The van der Waals surface area contributed by atoms with Gasteiger partial charge in [-0.25, -0.2) is 0 Å². The summed E-state index contributed by atoms with van der Waals surface area (Å²) in [5, 5.41) is 8.97. The molecule has 26 heavy (non-hydrogen) atoms. The van der Waals surface area contributed by atoms with Crippen molar-refractivity contribution >= 4 is 11.3 Å². The molecule has 0 spiro atoms. The highest BCUT2D eigenvalue weighted by atomic mass is 15.3. The fourth-order valence-corrected chi connectivity index (χ4v) is 4.36. The van der Waals surface area contributed by atoms with Crippen LogP contribution in [0.3, 0.4) is 0 Å². The van der Waals surface area contributed by atoms with E-state index in [1.165, 1.54) is 42.5 Å². The van der Waals surface area contributed by atoms with Crippen LogP contribution in [-0.2, 0) is 6.42 Å². The second kappa shape index (κ2) is 6.42. The van der Waals surface area contributed by atoms with Crippen molar-refractivity contribution < 1.29 is 0 Å². The maximum atomic E-state index is 4.50. The first-order valence-electron chi connectivity index (χ1n) is 9.92. The number of nitrogens with zero attached hydrogens (tertiary/aromatic N) is 4. The number of anilines is 1. The number of hydrogen-bond donors (Lipinski definition) is 0. The molecule has 1 aliphatic heterocycles. The summed E-state index contributed by atoms with van der Waals surface area (Å²) in [6, 6.07) is 13.2. The fraction of sp³-hybridized carbons (Fsp3) is 0.455. The number of fused-ring (bicyclic) bond motifs is 1. The Morgan fingerprint density at radius 1 is 0.962 bits per heavy atom. The quantitative estimate of drug-likeness (QED) is 0.703. The molecule has 0 amide bonds. The molecule has 1 aliphatic carbocycles. The molecule has 2 aromatic heterocycles. The average Bonchev–Trinajstić information content (AvgIpc) is 3.42. The van der Waals surface area contributed by atoms with E-state index in [2.05, 4.69) is 69.0 Å². The van der Waals surface area contributed by atoms with Crippen LogP contribution in [-0.4, -0.2) is 27.7 Å². The van der Waals surface area contributed by atoms with Gasteiger partial charge in [-0.05, 0) is 56.1 Å². The van der Waals surface area contributed by atoms with E-state index < -0.39 is 0 Å². The zero-order valence-corrected chi connectivity index (χ0v) is 15.4. The van der Waals surface area contributed by atoms with Crippen molar-refractivity contribution in [2.75, 3.05) is 18.0 Å². The number of pyridine rings is 1. The van der Waals surface area contributed by atoms with Crippen molar-refractivity contribution in [3.63, 3.8) is 0 Å². The van der Waals surface area contributed by atoms with Crippen molar-refractivity contribution in [2.45, 2.75) is 44.9 Å². The van der Waals surface area contributed by atoms with Crippen molar-refractivity contribution in [1.29, 1.82) is 0 Å². The summed E-state index contributed by atoms with van der Waals surface area (Å²) >= 11 is 0. The number of hydrogen-bond acceptors (Lipinski definition) is 3. The molecule has 0 atom stereocenters. The highest BCUT2D eigenvalue weighted by molar-refractivity contribution is 5.65. The van der Waals surface area contributed by atoms with Crippen LogP contribution in [0.4, 0.5) is 5.69 Å². The number of aromatic nitrogens is 3. The zero-order valence-electron chi connectivity index (χ0n) is 15.4. The Balaban J connectivity index is 1.35. The van der Waals surface area contributed by atoms with Gasteiger partial charge in [-0.1, -0.05) is 30.3 Å². The molecule has 2 fully saturated rings. The smallest absolute Gasteiger partial charge is 0.165 e. The highest BCUT2D eigenvalue weighted by Gasteiger charge is 2.26. The van der Waals surface area contributed by atoms with Crippen LogP contribution in [0.1, 0.15) is 48.6 Å². The SMILES string of the molecule is Cc1c(N2CCC(c3ccccc3)CC2)ccn2c(CC3CC3)nnc12. The normalized spacial score (nSPS) is 18.6. The summed E-state index contributed by atoms with van der Waals surface area (Å²) in [4.78, 5) is 2.53. The molecule has 0 bridgehead atoms. The summed E-state index contributed by atoms with van der Waals surface area (Å²) in [7, 11) is 0. The molecule has 0 radical (unpaired) electrons. The molecule has 4 nitrogen and oxygen atoms in total. The Hall–Kier alpha value is -2.36. The van der Waals surface area contributed by atoms with E-state index in [4.69, 9.17) is 0 Å². The Morgan fingerprint density at radius 3 is 2.46 bits per heavy atom. The molecule has 2 aliphatic rings. The topological polar surface area (TPSA) is 33.4 Å². The minimum Gasteiger partial charge on any atom is -0.371 e. The van der Waals surface area contributed by atoms with E-state index in [9.17, 15) is 0 Å². The second-order valence-corrected chi connectivity index (χ2v) is 7.96. The van der Waals surface area contributed by atoms with Gasteiger partial charge in [-0.15, -0.1) is 10.2 Å². The van der Waals surface area contributed by atoms with Crippen LogP contribution in [0.5, 0.6) is 0 Å². The number of aryl methyl sites for hydroxylation is 1. The minimum atomic E-state index is 0.690. The van der Waals surface area contributed by atoms with E-state index >= 15 is 0 Å². The van der Waals surface area contributed by atoms with Gasteiger partial charge >= 0.3 is 0 Å². The van der Waals surface area contributed by atoms with E-state index in [-0.39, 0.29) is 0 Å². The first-order chi connectivity index (χ1) is 12.8. The largest absolute Gasteiger partial charge is 0.371 e. The van der Waals surface area contributed by atoms with Crippen molar-refractivity contribution in [2.24, 2.45) is 5.92 Å². The van der Waals surface area contributed by atoms with Crippen molar-refractivity contribution in [3.8, 4) is 0 Å². The van der Waals surface area contributed by atoms with Gasteiger partial charge in [0.05, 0.1) is 0 Å². The van der Waals surface area contributed by atoms with Gasteiger partial charge in [0.2, 0.25) is 0 Å². The third-order valence-corrected chi connectivity index (χ3v) is 6.14. The first-order valence-corrected chi connectivity index (χ1v) is 9.92. The van der Waals surface area contributed by atoms with Gasteiger partial charge in [-0.3, -0.25) is 4.40 Å². The molecule has 4 heteroatoms. The predicted molar refractivity (Wildman–Crippen MR) is 105 cm³/mol. The Labute approximate surface area is 154 Å². The maximum Gasteiger partial charge on any atom is 0.165 e. The van der Waals surface area contributed by atoms with Gasteiger partial charge in [-0.2, -0.15) is 0 Å². The van der Waals surface area contributed by atoms with E-state index in [0.717, 1.165) is 36.9 Å². The summed E-state index contributed by atoms with van der Waals surface area (Å²) in [6.07, 6.45) is 8.38. The molecule has 0 unspecified atom stereocenters. The Morgan fingerprint density at radius 2 is 1.73 bits per heavy atom.